The Balaban J connectivity index is 2.18. The Morgan fingerprint density at radius 3 is 2.13 bits per heavy atom. The number of hydrogen-bond donors (Lipinski definition) is 3. The topological polar surface area (TPSA) is 113 Å². The number of rotatable bonds is 10. The summed E-state index contributed by atoms with van der Waals surface area (Å²) in [5.74, 6) is -3.34. The van der Waals surface area contributed by atoms with E-state index in [1.54, 1.807) is 42.5 Å². The van der Waals surface area contributed by atoms with E-state index in [2.05, 4.69) is 5.32 Å². The molecular formula is C22H28NO6P. The smallest absolute Gasteiger partial charge is 0.408 e. The molecule has 2 rings (SSSR count). The van der Waals surface area contributed by atoms with Crippen molar-refractivity contribution in [1.82, 2.24) is 5.32 Å². The van der Waals surface area contributed by atoms with Gasteiger partial charge in [0, 0.05) is 6.16 Å². The van der Waals surface area contributed by atoms with Crippen LogP contribution in [0.4, 0.5) is 4.79 Å². The Hall–Kier alpha value is -2.63. The number of benzene rings is 2. The van der Waals surface area contributed by atoms with Gasteiger partial charge in [-0.1, -0.05) is 74.5 Å². The molecule has 0 spiro atoms. The zero-order valence-electron chi connectivity index (χ0n) is 17.1. The van der Waals surface area contributed by atoms with E-state index in [0.717, 1.165) is 5.56 Å². The molecule has 2 aromatic carbocycles. The second-order valence-electron chi connectivity index (χ2n) is 7.62. The van der Waals surface area contributed by atoms with E-state index in [4.69, 9.17) is 4.74 Å². The third-order valence-electron chi connectivity index (χ3n) is 4.57. The molecule has 0 aliphatic heterocycles. The number of carboxylic acid groups (broad SMARTS) is 1. The summed E-state index contributed by atoms with van der Waals surface area (Å²) in [6.07, 6.45) is -1.03. The molecule has 2 aromatic rings. The van der Waals surface area contributed by atoms with Gasteiger partial charge in [0.25, 0.3) is 0 Å². The Morgan fingerprint density at radius 2 is 1.60 bits per heavy atom. The molecule has 1 amide bonds. The highest BCUT2D eigenvalue weighted by molar-refractivity contribution is 7.58. The van der Waals surface area contributed by atoms with Crippen molar-refractivity contribution in [2.45, 2.75) is 32.7 Å². The normalized spacial score (nSPS) is 15.1. The summed E-state index contributed by atoms with van der Waals surface area (Å²) < 4.78 is 18.4. The molecule has 0 saturated carbocycles. The van der Waals surface area contributed by atoms with Crippen molar-refractivity contribution < 1.29 is 28.9 Å². The van der Waals surface area contributed by atoms with E-state index in [9.17, 15) is 24.2 Å². The SMILES string of the molecule is CC(C)CC(CP(=O)(O)[C@@H](NC(=O)OCc1ccccc1)c1ccccc1)C(=O)O. The molecule has 0 aromatic heterocycles. The zero-order chi connectivity index (χ0) is 22.1. The maximum atomic E-state index is 13.2. The van der Waals surface area contributed by atoms with Gasteiger partial charge in [0.1, 0.15) is 12.4 Å². The fraction of sp³-hybridized carbons (Fsp3) is 0.364. The van der Waals surface area contributed by atoms with Gasteiger partial charge in [-0.05, 0) is 23.5 Å². The lowest BCUT2D eigenvalue weighted by Gasteiger charge is -2.27. The molecule has 0 aliphatic rings. The van der Waals surface area contributed by atoms with Crippen LogP contribution in [0.25, 0.3) is 0 Å². The van der Waals surface area contributed by atoms with E-state index in [1.807, 2.05) is 32.0 Å². The predicted octanol–water partition coefficient (Wildman–Crippen LogP) is 4.63. The second-order valence-corrected chi connectivity index (χ2v) is 10.0. The van der Waals surface area contributed by atoms with Crippen LogP contribution in [0.1, 0.15) is 37.2 Å². The summed E-state index contributed by atoms with van der Waals surface area (Å²) in [7, 11) is -4.13. The highest BCUT2D eigenvalue weighted by Crippen LogP contribution is 2.55. The lowest BCUT2D eigenvalue weighted by molar-refractivity contribution is -0.141. The van der Waals surface area contributed by atoms with Gasteiger partial charge in [-0.2, -0.15) is 0 Å². The molecule has 0 aliphatic carbocycles. The molecule has 2 unspecified atom stereocenters. The van der Waals surface area contributed by atoms with Crippen molar-refractivity contribution in [3.63, 3.8) is 0 Å². The Kier molecular flexibility index (Phi) is 8.63. The minimum absolute atomic E-state index is 0.00894. The zero-order valence-corrected chi connectivity index (χ0v) is 18.0. The molecule has 30 heavy (non-hydrogen) atoms. The molecule has 0 bridgehead atoms. The molecule has 0 heterocycles. The van der Waals surface area contributed by atoms with E-state index in [-0.39, 0.29) is 18.9 Å². The number of carbonyl (C=O) groups is 2. The van der Waals surface area contributed by atoms with Gasteiger partial charge in [-0.3, -0.25) is 9.36 Å². The first kappa shape index (κ1) is 23.6. The van der Waals surface area contributed by atoms with Gasteiger partial charge in [-0.25, -0.2) is 4.79 Å². The fourth-order valence-electron chi connectivity index (χ4n) is 3.17. The van der Waals surface area contributed by atoms with Crippen LogP contribution in [0.5, 0.6) is 0 Å². The van der Waals surface area contributed by atoms with Gasteiger partial charge in [0.15, 0.2) is 0 Å². The Bertz CT molecular complexity index is 872. The van der Waals surface area contributed by atoms with E-state index in [0.29, 0.717) is 5.56 Å². The van der Waals surface area contributed by atoms with Crippen molar-refractivity contribution in [2.75, 3.05) is 6.16 Å². The molecule has 3 atom stereocenters. The molecule has 0 fully saturated rings. The Morgan fingerprint density at radius 1 is 1.03 bits per heavy atom. The average Bonchev–Trinajstić information content (AvgIpc) is 2.70. The molecule has 3 N–H and O–H groups in total. The Labute approximate surface area is 176 Å². The number of carboxylic acids is 1. The largest absolute Gasteiger partial charge is 0.481 e. The highest BCUT2D eigenvalue weighted by Gasteiger charge is 2.38. The number of carbonyl (C=O) groups excluding carboxylic acids is 1. The minimum Gasteiger partial charge on any atom is -0.481 e. The monoisotopic (exact) mass is 433 g/mol. The van der Waals surface area contributed by atoms with E-state index >= 15 is 0 Å². The van der Waals surface area contributed by atoms with Crippen LogP contribution in [-0.4, -0.2) is 28.2 Å². The standard InChI is InChI=1S/C22H28NO6P/c1-16(2)13-19(21(24)25)15-30(27,28)20(18-11-7-4-8-12-18)23-22(26)29-14-17-9-5-3-6-10-17/h3-12,16,19-20H,13-15H2,1-2H3,(H,23,26)(H,24,25)(H,27,28)/t19?,20-/m1/s1. The summed E-state index contributed by atoms with van der Waals surface area (Å²) in [6.45, 7) is 3.72. The van der Waals surface area contributed by atoms with Gasteiger partial charge in [0.05, 0.1) is 5.92 Å². The first-order valence-corrected chi connectivity index (χ1v) is 11.7. The predicted molar refractivity (Wildman–Crippen MR) is 114 cm³/mol. The van der Waals surface area contributed by atoms with Crippen molar-refractivity contribution in [1.29, 1.82) is 0 Å². The summed E-state index contributed by atoms with van der Waals surface area (Å²) in [5.41, 5.74) is 1.19. The summed E-state index contributed by atoms with van der Waals surface area (Å²) in [6, 6.07) is 17.4. The van der Waals surface area contributed by atoms with Gasteiger partial charge < -0.3 is 20.1 Å². The second kappa shape index (κ2) is 11.0. The van der Waals surface area contributed by atoms with Crippen molar-refractivity contribution in [3.05, 3.63) is 71.8 Å². The van der Waals surface area contributed by atoms with Crippen LogP contribution in [0.2, 0.25) is 0 Å². The summed E-state index contributed by atoms with van der Waals surface area (Å²) >= 11 is 0. The van der Waals surface area contributed by atoms with Gasteiger partial charge in [0.2, 0.25) is 7.37 Å². The van der Waals surface area contributed by atoms with Crippen LogP contribution in [-0.2, 0) is 20.7 Å². The quantitative estimate of drug-likeness (QED) is 0.471. The number of ether oxygens (including phenoxy) is 1. The maximum Gasteiger partial charge on any atom is 0.408 e. The maximum absolute atomic E-state index is 13.2. The number of aliphatic carboxylic acids is 1. The highest BCUT2D eigenvalue weighted by atomic mass is 31.2. The van der Waals surface area contributed by atoms with Crippen LogP contribution in [0, 0.1) is 11.8 Å². The van der Waals surface area contributed by atoms with Crippen LogP contribution < -0.4 is 5.32 Å². The van der Waals surface area contributed by atoms with Crippen LogP contribution in [0.3, 0.4) is 0 Å². The molecule has 162 valence electrons. The molecule has 0 radical (unpaired) electrons. The van der Waals surface area contributed by atoms with Crippen LogP contribution in [0.15, 0.2) is 60.7 Å². The number of nitrogens with one attached hydrogen (secondary N) is 1. The minimum atomic E-state index is -4.13. The van der Waals surface area contributed by atoms with E-state index < -0.39 is 37.3 Å². The molecule has 8 heteroatoms. The van der Waals surface area contributed by atoms with Crippen LogP contribution >= 0.6 is 7.37 Å². The number of hydrogen-bond acceptors (Lipinski definition) is 4. The number of alkyl carbamates (subject to hydrolysis) is 1. The number of amides is 1. The van der Waals surface area contributed by atoms with Crippen molar-refractivity contribution in [3.8, 4) is 0 Å². The summed E-state index contributed by atoms with van der Waals surface area (Å²) in [5, 5.41) is 12.0. The average molecular weight is 433 g/mol. The van der Waals surface area contributed by atoms with Gasteiger partial charge >= 0.3 is 12.1 Å². The van der Waals surface area contributed by atoms with Crippen molar-refractivity contribution in [2.24, 2.45) is 11.8 Å². The van der Waals surface area contributed by atoms with Crippen molar-refractivity contribution >= 4 is 19.4 Å². The lowest BCUT2D eigenvalue weighted by atomic mass is 9.99. The third-order valence-corrected chi connectivity index (χ3v) is 6.77. The fourth-order valence-corrected chi connectivity index (χ4v) is 5.27. The first-order valence-electron chi connectivity index (χ1n) is 9.75. The van der Waals surface area contributed by atoms with Gasteiger partial charge in [-0.15, -0.1) is 0 Å². The molecular weight excluding hydrogens is 405 g/mol. The summed E-state index contributed by atoms with van der Waals surface area (Å²) in [4.78, 5) is 34.8. The van der Waals surface area contributed by atoms with E-state index in [1.165, 1.54) is 0 Å². The molecule has 0 saturated heterocycles. The first-order chi connectivity index (χ1) is 14.2. The third kappa shape index (κ3) is 7.32. The lowest BCUT2D eigenvalue weighted by Crippen LogP contribution is -2.31. The molecule has 7 nitrogen and oxygen atoms in total.